The van der Waals surface area contributed by atoms with Crippen molar-refractivity contribution >= 4 is 34.8 Å². The molecule has 4 rings (SSSR count). The SMILES string of the molecule is CCn1c(SCC(=O)N2CCN(c3cccc[nH+]3)CC2)nnc1-c1cccs1. The summed E-state index contributed by atoms with van der Waals surface area (Å²) in [5.41, 5.74) is 0. The number of rotatable bonds is 6. The molecule has 7 nitrogen and oxygen atoms in total. The van der Waals surface area contributed by atoms with E-state index >= 15 is 0 Å². The van der Waals surface area contributed by atoms with E-state index in [4.69, 9.17) is 0 Å². The van der Waals surface area contributed by atoms with Crippen molar-refractivity contribution < 1.29 is 9.78 Å². The molecule has 0 bridgehead atoms. The van der Waals surface area contributed by atoms with Crippen LogP contribution < -0.4 is 9.88 Å². The predicted molar refractivity (Wildman–Crippen MR) is 112 cm³/mol. The van der Waals surface area contributed by atoms with Gasteiger partial charge in [0.1, 0.15) is 13.1 Å². The summed E-state index contributed by atoms with van der Waals surface area (Å²) >= 11 is 3.12. The van der Waals surface area contributed by atoms with Crippen molar-refractivity contribution in [2.75, 3.05) is 36.8 Å². The molecular weight excluding hydrogens is 392 g/mol. The van der Waals surface area contributed by atoms with Gasteiger partial charge in [-0.3, -0.25) is 9.69 Å². The maximum Gasteiger partial charge on any atom is 0.274 e. The number of aromatic nitrogens is 4. The van der Waals surface area contributed by atoms with Crippen molar-refractivity contribution in [1.82, 2.24) is 19.7 Å². The second-order valence-corrected chi connectivity index (χ2v) is 8.32. The van der Waals surface area contributed by atoms with E-state index in [9.17, 15) is 4.79 Å². The van der Waals surface area contributed by atoms with Gasteiger partial charge in [0.25, 0.3) is 5.82 Å². The number of anilines is 1. The van der Waals surface area contributed by atoms with E-state index in [1.807, 2.05) is 40.7 Å². The minimum Gasteiger partial charge on any atom is -0.334 e. The number of thioether (sulfide) groups is 1. The Balaban J connectivity index is 1.33. The van der Waals surface area contributed by atoms with E-state index in [0.717, 1.165) is 54.4 Å². The quantitative estimate of drug-likeness (QED) is 0.578. The average molecular weight is 416 g/mol. The number of aromatic amines is 1. The summed E-state index contributed by atoms with van der Waals surface area (Å²) < 4.78 is 2.08. The molecule has 0 aliphatic carbocycles. The van der Waals surface area contributed by atoms with Gasteiger partial charge in [-0.2, -0.15) is 0 Å². The van der Waals surface area contributed by atoms with Gasteiger partial charge in [-0.25, -0.2) is 4.98 Å². The first-order chi connectivity index (χ1) is 13.8. The van der Waals surface area contributed by atoms with E-state index in [1.54, 1.807) is 11.3 Å². The summed E-state index contributed by atoms with van der Waals surface area (Å²) in [5, 5.41) is 11.5. The second kappa shape index (κ2) is 8.74. The summed E-state index contributed by atoms with van der Waals surface area (Å²) in [4.78, 5) is 21.2. The van der Waals surface area contributed by atoms with Gasteiger partial charge in [-0.1, -0.05) is 23.9 Å². The topological polar surface area (TPSA) is 68.4 Å². The lowest BCUT2D eigenvalue weighted by molar-refractivity contribution is -0.364. The Hall–Kier alpha value is -2.39. The van der Waals surface area contributed by atoms with Crippen LogP contribution in [0, 0.1) is 0 Å². The van der Waals surface area contributed by atoms with E-state index < -0.39 is 0 Å². The lowest BCUT2D eigenvalue weighted by atomic mass is 10.3. The lowest BCUT2D eigenvalue weighted by Gasteiger charge is -2.30. The van der Waals surface area contributed by atoms with Crippen molar-refractivity contribution in [2.24, 2.45) is 0 Å². The van der Waals surface area contributed by atoms with Crippen molar-refractivity contribution in [1.29, 1.82) is 0 Å². The van der Waals surface area contributed by atoms with Crippen LogP contribution in [-0.4, -0.2) is 57.5 Å². The van der Waals surface area contributed by atoms with Gasteiger partial charge in [0.15, 0.2) is 11.0 Å². The molecule has 3 aromatic heterocycles. The van der Waals surface area contributed by atoms with E-state index in [-0.39, 0.29) is 5.91 Å². The highest BCUT2D eigenvalue weighted by atomic mass is 32.2. The molecule has 1 N–H and O–H groups in total. The number of hydrogen-bond donors (Lipinski definition) is 0. The Labute approximate surface area is 172 Å². The van der Waals surface area contributed by atoms with Crippen LogP contribution in [-0.2, 0) is 11.3 Å². The van der Waals surface area contributed by atoms with Gasteiger partial charge in [-0.15, -0.1) is 21.5 Å². The third-order valence-electron chi connectivity index (χ3n) is 4.77. The van der Waals surface area contributed by atoms with Crippen LogP contribution in [0.4, 0.5) is 5.82 Å². The van der Waals surface area contributed by atoms with Crippen LogP contribution in [0.1, 0.15) is 6.92 Å². The number of thiophene rings is 1. The number of piperazine rings is 1. The Morgan fingerprint density at radius 1 is 1.18 bits per heavy atom. The second-order valence-electron chi connectivity index (χ2n) is 6.43. The zero-order valence-corrected chi connectivity index (χ0v) is 17.4. The fourth-order valence-corrected chi connectivity index (χ4v) is 4.89. The fourth-order valence-electron chi connectivity index (χ4n) is 3.26. The van der Waals surface area contributed by atoms with Crippen molar-refractivity contribution in [3.63, 3.8) is 0 Å². The third-order valence-corrected chi connectivity index (χ3v) is 6.58. The predicted octanol–water partition coefficient (Wildman–Crippen LogP) is 2.28. The third kappa shape index (κ3) is 4.05. The first-order valence-electron chi connectivity index (χ1n) is 9.35. The van der Waals surface area contributed by atoms with Crippen molar-refractivity contribution in [3.05, 3.63) is 41.9 Å². The molecular formula is C19H23N6OS2+. The number of H-pyrrole nitrogens is 1. The molecule has 0 atom stereocenters. The minimum absolute atomic E-state index is 0.157. The van der Waals surface area contributed by atoms with Crippen LogP contribution in [0.3, 0.4) is 0 Å². The Kier molecular flexibility index (Phi) is 5.92. The largest absolute Gasteiger partial charge is 0.334 e. The summed E-state index contributed by atoms with van der Waals surface area (Å²) in [6.07, 6.45) is 1.93. The molecule has 0 radical (unpaired) electrons. The Morgan fingerprint density at radius 2 is 2.04 bits per heavy atom. The highest BCUT2D eigenvalue weighted by Gasteiger charge is 2.26. The molecule has 0 aromatic carbocycles. The molecule has 146 valence electrons. The minimum atomic E-state index is 0.157. The van der Waals surface area contributed by atoms with Crippen LogP contribution in [0.15, 0.2) is 47.1 Å². The first-order valence-corrected chi connectivity index (χ1v) is 11.2. The normalized spacial score (nSPS) is 14.5. The van der Waals surface area contributed by atoms with Gasteiger partial charge in [0, 0.05) is 12.6 Å². The molecule has 1 fully saturated rings. The summed E-state index contributed by atoms with van der Waals surface area (Å²) in [6, 6.07) is 10.1. The molecule has 1 amide bonds. The van der Waals surface area contributed by atoms with Gasteiger partial charge < -0.3 is 9.47 Å². The molecule has 0 spiro atoms. The molecule has 4 heterocycles. The maximum atomic E-state index is 12.7. The van der Waals surface area contributed by atoms with Gasteiger partial charge in [0.05, 0.1) is 29.9 Å². The van der Waals surface area contributed by atoms with E-state index in [0.29, 0.717) is 5.75 Å². The van der Waals surface area contributed by atoms with Gasteiger partial charge in [0.2, 0.25) is 5.91 Å². The molecule has 0 unspecified atom stereocenters. The smallest absolute Gasteiger partial charge is 0.274 e. The Morgan fingerprint density at radius 3 is 2.71 bits per heavy atom. The standard InChI is InChI=1S/C19H22N6OS2/c1-2-25-18(15-6-5-13-27-15)21-22-19(25)28-14-17(26)24-11-9-23(10-12-24)16-7-3-4-8-20-16/h3-8,13H,2,9-12,14H2,1H3/p+1. The molecule has 9 heteroatoms. The number of pyridine rings is 1. The average Bonchev–Trinajstić information content (AvgIpc) is 3.42. The highest BCUT2D eigenvalue weighted by molar-refractivity contribution is 7.99. The highest BCUT2D eigenvalue weighted by Crippen LogP contribution is 2.27. The number of nitrogens with one attached hydrogen (secondary N) is 1. The lowest BCUT2D eigenvalue weighted by Crippen LogP contribution is -2.50. The van der Waals surface area contributed by atoms with Crippen LogP contribution >= 0.6 is 23.1 Å². The van der Waals surface area contributed by atoms with Crippen LogP contribution in [0.5, 0.6) is 0 Å². The van der Waals surface area contributed by atoms with E-state index in [2.05, 4.69) is 37.6 Å². The number of carbonyl (C=O) groups excluding carboxylic acids is 1. The summed E-state index contributed by atoms with van der Waals surface area (Å²) in [5.74, 6) is 2.52. The summed E-state index contributed by atoms with van der Waals surface area (Å²) in [6.45, 7) is 6.01. The monoisotopic (exact) mass is 415 g/mol. The fraction of sp³-hybridized carbons (Fsp3) is 0.368. The molecule has 3 aromatic rings. The number of carbonyl (C=O) groups is 1. The maximum absolute atomic E-state index is 12.7. The summed E-state index contributed by atoms with van der Waals surface area (Å²) in [7, 11) is 0. The number of hydrogen-bond acceptors (Lipinski definition) is 6. The van der Waals surface area contributed by atoms with Gasteiger partial charge >= 0.3 is 0 Å². The number of amides is 1. The van der Waals surface area contributed by atoms with Crippen molar-refractivity contribution in [2.45, 2.75) is 18.6 Å². The van der Waals surface area contributed by atoms with E-state index in [1.165, 1.54) is 11.8 Å². The molecule has 0 saturated carbocycles. The molecule has 1 saturated heterocycles. The zero-order chi connectivity index (χ0) is 19.3. The van der Waals surface area contributed by atoms with Gasteiger partial charge in [-0.05, 0) is 24.4 Å². The van der Waals surface area contributed by atoms with Crippen molar-refractivity contribution in [3.8, 4) is 10.7 Å². The molecule has 28 heavy (non-hydrogen) atoms. The van der Waals surface area contributed by atoms with Crippen LogP contribution in [0.25, 0.3) is 10.7 Å². The molecule has 1 aliphatic rings. The zero-order valence-electron chi connectivity index (χ0n) is 15.7. The van der Waals surface area contributed by atoms with Crippen LogP contribution in [0.2, 0.25) is 0 Å². The molecule has 1 aliphatic heterocycles. The first kappa shape index (κ1) is 18.9. The number of nitrogens with zero attached hydrogens (tertiary/aromatic N) is 5. The Bertz CT molecular complexity index is 904.